The van der Waals surface area contributed by atoms with E-state index in [1.54, 1.807) is 6.07 Å². The molecule has 4 nitrogen and oxygen atoms in total. The zero-order valence-corrected chi connectivity index (χ0v) is 8.94. The van der Waals surface area contributed by atoms with Crippen molar-refractivity contribution in [2.75, 3.05) is 0 Å². The molecule has 16 heavy (non-hydrogen) atoms. The van der Waals surface area contributed by atoms with Gasteiger partial charge in [-0.3, -0.25) is 9.78 Å². The van der Waals surface area contributed by atoms with Crippen LogP contribution in [-0.2, 0) is 0 Å². The molecule has 1 heterocycles. The van der Waals surface area contributed by atoms with Crippen molar-refractivity contribution in [3.8, 4) is 6.07 Å². The Balaban J connectivity index is 2.05. The normalized spacial score (nSPS) is 15.7. The fraction of sp³-hybridized carbons (Fsp3) is 0.417. The highest BCUT2D eigenvalue weighted by atomic mass is 16.1. The summed E-state index contributed by atoms with van der Waals surface area (Å²) in [6, 6.07) is 5.38. The molecule has 0 bridgehead atoms. The number of hydrogen-bond acceptors (Lipinski definition) is 3. The predicted octanol–water partition coefficient (Wildman–Crippen LogP) is 1.63. The van der Waals surface area contributed by atoms with E-state index in [4.69, 9.17) is 5.26 Å². The molecule has 0 aliphatic heterocycles. The molecule has 0 radical (unpaired) electrons. The first kappa shape index (κ1) is 10.6. The second-order valence-corrected chi connectivity index (χ2v) is 4.00. The minimum atomic E-state index is -0.177. The molecule has 4 heteroatoms. The summed E-state index contributed by atoms with van der Waals surface area (Å²) in [5, 5.41) is 11.7. The third-order valence-corrected chi connectivity index (χ3v) is 2.81. The third-order valence-electron chi connectivity index (χ3n) is 2.81. The Morgan fingerprint density at radius 1 is 1.50 bits per heavy atom. The molecule has 1 fully saturated rings. The number of aromatic nitrogens is 1. The van der Waals surface area contributed by atoms with E-state index in [0.717, 1.165) is 12.8 Å². The van der Waals surface area contributed by atoms with Crippen molar-refractivity contribution in [3.63, 3.8) is 0 Å². The van der Waals surface area contributed by atoms with E-state index in [-0.39, 0.29) is 11.9 Å². The van der Waals surface area contributed by atoms with Gasteiger partial charge in [-0.1, -0.05) is 12.8 Å². The third kappa shape index (κ3) is 2.37. The lowest BCUT2D eigenvalue weighted by molar-refractivity contribution is 0.0933. The van der Waals surface area contributed by atoms with Crippen molar-refractivity contribution in [2.24, 2.45) is 0 Å². The van der Waals surface area contributed by atoms with Crippen LogP contribution in [0.2, 0.25) is 0 Å². The summed E-state index contributed by atoms with van der Waals surface area (Å²) >= 11 is 0. The molecule has 0 saturated heterocycles. The molecule has 82 valence electrons. The summed E-state index contributed by atoms with van der Waals surface area (Å²) in [6.45, 7) is 0. The Morgan fingerprint density at radius 3 is 2.94 bits per heavy atom. The summed E-state index contributed by atoms with van der Waals surface area (Å²) in [6.07, 6.45) is 5.93. The fourth-order valence-corrected chi connectivity index (χ4v) is 1.95. The molecule has 1 aromatic rings. The highest BCUT2D eigenvalue weighted by molar-refractivity contribution is 5.92. The quantitative estimate of drug-likeness (QED) is 0.815. The predicted molar refractivity (Wildman–Crippen MR) is 58.7 cm³/mol. The summed E-state index contributed by atoms with van der Waals surface area (Å²) in [5.41, 5.74) is 0.789. The number of pyridine rings is 1. The Kier molecular flexibility index (Phi) is 3.16. The van der Waals surface area contributed by atoms with Gasteiger partial charge in [-0.2, -0.15) is 5.26 Å². The van der Waals surface area contributed by atoms with Crippen LogP contribution in [0.25, 0.3) is 0 Å². The van der Waals surface area contributed by atoms with Crippen LogP contribution < -0.4 is 5.32 Å². The minimum Gasteiger partial charge on any atom is -0.348 e. The van der Waals surface area contributed by atoms with E-state index in [1.807, 2.05) is 6.07 Å². The fourth-order valence-electron chi connectivity index (χ4n) is 1.95. The molecule has 0 atom stereocenters. The van der Waals surface area contributed by atoms with Gasteiger partial charge in [0.15, 0.2) is 0 Å². The molecule has 0 spiro atoms. The van der Waals surface area contributed by atoms with E-state index >= 15 is 0 Å². The Morgan fingerprint density at radius 2 is 2.25 bits per heavy atom. The maximum absolute atomic E-state index is 11.8. The molecule has 0 aromatic carbocycles. The number of nitrogens with one attached hydrogen (secondary N) is 1. The van der Waals surface area contributed by atoms with Crippen LogP contribution in [-0.4, -0.2) is 16.9 Å². The second-order valence-electron chi connectivity index (χ2n) is 4.00. The van der Waals surface area contributed by atoms with Gasteiger partial charge in [-0.25, -0.2) is 0 Å². The zero-order chi connectivity index (χ0) is 11.4. The molecule has 1 N–H and O–H groups in total. The maximum atomic E-state index is 11.8. The molecule has 0 unspecified atom stereocenters. The van der Waals surface area contributed by atoms with Gasteiger partial charge in [0.25, 0.3) is 5.91 Å². The summed E-state index contributed by atoms with van der Waals surface area (Å²) in [5.74, 6) is -0.177. The smallest absolute Gasteiger partial charge is 0.270 e. The number of nitriles is 1. The number of carbonyl (C=O) groups excluding carboxylic acids is 1. The van der Waals surface area contributed by atoms with Gasteiger partial charge >= 0.3 is 0 Å². The Labute approximate surface area is 94.3 Å². The Hall–Kier alpha value is -1.89. The van der Waals surface area contributed by atoms with Crippen molar-refractivity contribution in [2.45, 2.75) is 31.7 Å². The average Bonchev–Trinajstić information content (AvgIpc) is 2.82. The minimum absolute atomic E-state index is 0.177. The lowest BCUT2D eigenvalue weighted by atomic mass is 10.2. The van der Waals surface area contributed by atoms with Crippen molar-refractivity contribution >= 4 is 5.91 Å². The highest BCUT2D eigenvalue weighted by Gasteiger charge is 2.18. The van der Waals surface area contributed by atoms with E-state index in [2.05, 4.69) is 10.3 Å². The number of amides is 1. The van der Waals surface area contributed by atoms with Gasteiger partial charge in [0, 0.05) is 12.2 Å². The second kappa shape index (κ2) is 4.75. The Bertz CT molecular complexity index is 430. The van der Waals surface area contributed by atoms with E-state index in [9.17, 15) is 4.79 Å². The highest BCUT2D eigenvalue weighted by Crippen LogP contribution is 2.17. The summed E-state index contributed by atoms with van der Waals surface area (Å²) in [7, 11) is 0. The molecule has 1 aromatic heterocycles. The van der Waals surface area contributed by atoms with E-state index in [0.29, 0.717) is 11.3 Å². The van der Waals surface area contributed by atoms with Gasteiger partial charge in [0.2, 0.25) is 0 Å². The van der Waals surface area contributed by atoms with Crippen LogP contribution in [0.5, 0.6) is 0 Å². The molecule has 2 rings (SSSR count). The monoisotopic (exact) mass is 215 g/mol. The van der Waals surface area contributed by atoms with E-state index < -0.39 is 0 Å². The van der Waals surface area contributed by atoms with Crippen molar-refractivity contribution in [3.05, 3.63) is 29.6 Å². The van der Waals surface area contributed by atoms with Crippen LogP contribution in [0.3, 0.4) is 0 Å². The van der Waals surface area contributed by atoms with Gasteiger partial charge in [0.1, 0.15) is 5.69 Å². The number of hydrogen-bond donors (Lipinski definition) is 1. The molecular formula is C12H13N3O. The molecule has 1 saturated carbocycles. The number of nitrogens with zero attached hydrogens (tertiary/aromatic N) is 2. The van der Waals surface area contributed by atoms with E-state index in [1.165, 1.54) is 25.1 Å². The molecular weight excluding hydrogens is 202 g/mol. The zero-order valence-electron chi connectivity index (χ0n) is 8.94. The standard InChI is InChI=1S/C12H13N3O/c13-8-9-5-6-14-11(7-9)12(16)15-10-3-1-2-4-10/h5-7,10H,1-4H2,(H,15,16). The first-order valence-electron chi connectivity index (χ1n) is 5.46. The molecule has 1 aliphatic carbocycles. The number of carbonyl (C=O) groups is 1. The van der Waals surface area contributed by atoms with Crippen LogP contribution in [0.4, 0.5) is 0 Å². The topological polar surface area (TPSA) is 65.8 Å². The van der Waals surface area contributed by atoms with Gasteiger partial charge in [-0.15, -0.1) is 0 Å². The number of rotatable bonds is 2. The first-order valence-corrected chi connectivity index (χ1v) is 5.46. The summed E-state index contributed by atoms with van der Waals surface area (Å²) < 4.78 is 0. The molecule has 1 amide bonds. The van der Waals surface area contributed by atoms with Gasteiger partial charge in [-0.05, 0) is 25.0 Å². The van der Waals surface area contributed by atoms with Crippen LogP contribution in [0, 0.1) is 11.3 Å². The van der Waals surface area contributed by atoms with Crippen molar-refractivity contribution < 1.29 is 4.79 Å². The molecule has 1 aliphatic rings. The lowest BCUT2D eigenvalue weighted by Crippen LogP contribution is -2.33. The van der Waals surface area contributed by atoms with Crippen molar-refractivity contribution in [1.29, 1.82) is 5.26 Å². The first-order chi connectivity index (χ1) is 7.79. The lowest BCUT2D eigenvalue weighted by Gasteiger charge is -2.10. The van der Waals surface area contributed by atoms with Crippen LogP contribution in [0.15, 0.2) is 18.3 Å². The van der Waals surface area contributed by atoms with Gasteiger partial charge < -0.3 is 5.32 Å². The SMILES string of the molecule is N#Cc1ccnc(C(=O)NC2CCCC2)c1. The maximum Gasteiger partial charge on any atom is 0.270 e. The average molecular weight is 215 g/mol. The van der Waals surface area contributed by atoms with Crippen LogP contribution >= 0.6 is 0 Å². The van der Waals surface area contributed by atoms with Crippen molar-refractivity contribution in [1.82, 2.24) is 10.3 Å². The van der Waals surface area contributed by atoms with Crippen LogP contribution in [0.1, 0.15) is 41.7 Å². The largest absolute Gasteiger partial charge is 0.348 e. The van der Waals surface area contributed by atoms with Gasteiger partial charge in [0.05, 0.1) is 11.6 Å². The summed E-state index contributed by atoms with van der Waals surface area (Å²) in [4.78, 5) is 15.8.